The standard InChI is InChI=1S/C12H18N4S2/c1-18-12(4-2-3-5-12)8-16-11-9(10(13)17)14-6-7-15-11/h6-7H,2-5,8H2,1H3,(H2,13,17)(H,15,16). The number of thiocarbonyl (C=S) groups is 1. The van der Waals surface area contributed by atoms with Gasteiger partial charge in [0.05, 0.1) is 0 Å². The lowest BCUT2D eigenvalue weighted by Crippen LogP contribution is -2.31. The molecular formula is C12H18N4S2. The van der Waals surface area contributed by atoms with E-state index >= 15 is 0 Å². The molecule has 1 aromatic rings. The number of hydrogen-bond acceptors (Lipinski definition) is 5. The first-order chi connectivity index (χ1) is 8.67. The largest absolute Gasteiger partial charge is 0.388 e. The van der Waals surface area contributed by atoms with Crippen molar-refractivity contribution in [3.05, 3.63) is 18.1 Å². The Balaban J connectivity index is 2.08. The van der Waals surface area contributed by atoms with Gasteiger partial charge in [0.15, 0.2) is 5.82 Å². The van der Waals surface area contributed by atoms with Crippen LogP contribution in [0.25, 0.3) is 0 Å². The number of thioether (sulfide) groups is 1. The summed E-state index contributed by atoms with van der Waals surface area (Å²) >= 11 is 6.92. The lowest BCUT2D eigenvalue weighted by Gasteiger charge is -2.27. The first kappa shape index (κ1) is 13.5. The van der Waals surface area contributed by atoms with E-state index in [0.717, 1.165) is 6.54 Å². The molecule has 4 nitrogen and oxygen atoms in total. The summed E-state index contributed by atoms with van der Waals surface area (Å²) in [6, 6.07) is 0. The maximum Gasteiger partial charge on any atom is 0.155 e. The summed E-state index contributed by atoms with van der Waals surface area (Å²) in [5.41, 5.74) is 6.23. The topological polar surface area (TPSA) is 63.8 Å². The van der Waals surface area contributed by atoms with Gasteiger partial charge in [-0.15, -0.1) is 0 Å². The minimum Gasteiger partial charge on any atom is -0.388 e. The molecule has 0 aliphatic heterocycles. The zero-order valence-corrected chi connectivity index (χ0v) is 12.1. The smallest absolute Gasteiger partial charge is 0.155 e. The van der Waals surface area contributed by atoms with Crippen LogP contribution in [-0.2, 0) is 0 Å². The van der Waals surface area contributed by atoms with E-state index in [-0.39, 0.29) is 4.99 Å². The highest BCUT2D eigenvalue weighted by molar-refractivity contribution is 8.00. The van der Waals surface area contributed by atoms with Crippen LogP contribution in [0.4, 0.5) is 5.82 Å². The first-order valence-electron chi connectivity index (χ1n) is 6.07. The molecule has 1 aliphatic carbocycles. The van der Waals surface area contributed by atoms with Crippen LogP contribution in [0.1, 0.15) is 31.4 Å². The number of aromatic nitrogens is 2. The SMILES string of the molecule is CSC1(CNc2nccnc2C(N)=S)CCCC1. The van der Waals surface area contributed by atoms with Crippen molar-refractivity contribution < 1.29 is 0 Å². The van der Waals surface area contributed by atoms with E-state index in [4.69, 9.17) is 18.0 Å². The molecule has 3 N–H and O–H groups in total. The van der Waals surface area contributed by atoms with Crippen LogP contribution in [0.5, 0.6) is 0 Å². The molecule has 1 aliphatic rings. The number of nitrogens with zero attached hydrogens (tertiary/aromatic N) is 2. The van der Waals surface area contributed by atoms with Crippen molar-refractivity contribution in [1.29, 1.82) is 0 Å². The summed E-state index contributed by atoms with van der Waals surface area (Å²) in [5, 5.41) is 3.37. The molecule has 1 saturated carbocycles. The molecule has 98 valence electrons. The van der Waals surface area contributed by atoms with Gasteiger partial charge in [-0.2, -0.15) is 11.8 Å². The molecule has 0 radical (unpaired) electrons. The Bertz CT molecular complexity index is 430. The van der Waals surface area contributed by atoms with E-state index in [9.17, 15) is 0 Å². The van der Waals surface area contributed by atoms with E-state index in [2.05, 4.69) is 21.5 Å². The third-order valence-electron chi connectivity index (χ3n) is 3.46. The van der Waals surface area contributed by atoms with Crippen molar-refractivity contribution in [3.63, 3.8) is 0 Å². The minimum absolute atomic E-state index is 0.287. The van der Waals surface area contributed by atoms with Crippen molar-refractivity contribution in [3.8, 4) is 0 Å². The highest BCUT2D eigenvalue weighted by Gasteiger charge is 2.33. The van der Waals surface area contributed by atoms with Crippen LogP contribution in [0.15, 0.2) is 12.4 Å². The number of anilines is 1. The maximum atomic E-state index is 5.65. The molecule has 1 heterocycles. The summed E-state index contributed by atoms with van der Waals surface area (Å²) in [4.78, 5) is 8.74. The monoisotopic (exact) mass is 282 g/mol. The average molecular weight is 282 g/mol. The zero-order chi connectivity index (χ0) is 13.0. The summed E-state index contributed by atoms with van der Waals surface area (Å²) in [6.07, 6.45) is 10.6. The lowest BCUT2D eigenvalue weighted by atomic mass is 10.1. The van der Waals surface area contributed by atoms with Crippen LogP contribution in [-0.4, -0.2) is 32.5 Å². The molecule has 1 fully saturated rings. The number of hydrogen-bond donors (Lipinski definition) is 2. The van der Waals surface area contributed by atoms with Gasteiger partial charge in [0.2, 0.25) is 0 Å². The second kappa shape index (κ2) is 5.84. The molecule has 0 unspecified atom stereocenters. The Kier molecular flexibility index (Phi) is 4.40. The molecule has 0 spiro atoms. The molecule has 1 aromatic heterocycles. The highest BCUT2D eigenvalue weighted by Crippen LogP contribution is 2.40. The Morgan fingerprint density at radius 1 is 1.44 bits per heavy atom. The van der Waals surface area contributed by atoms with E-state index < -0.39 is 0 Å². The Morgan fingerprint density at radius 3 is 2.72 bits per heavy atom. The van der Waals surface area contributed by atoms with Gasteiger partial charge < -0.3 is 11.1 Å². The van der Waals surface area contributed by atoms with Gasteiger partial charge in [0.25, 0.3) is 0 Å². The molecule has 0 atom stereocenters. The molecule has 0 aromatic carbocycles. The van der Waals surface area contributed by atoms with Crippen molar-refractivity contribution in [2.45, 2.75) is 30.4 Å². The number of nitrogens with two attached hydrogens (primary N) is 1. The van der Waals surface area contributed by atoms with Gasteiger partial charge in [0.1, 0.15) is 10.7 Å². The van der Waals surface area contributed by atoms with E-state index in [1.807, 2.05) is 11.8 Å². The van der Waals surface area contributed by atoms with Gasteiger partial charge >= 0.3 is 0 Å². The summed E-state index contributed by atoms with van der Waals surface area (Å²) in [6.45, 7) is 0.891. The predicted molar refractivity (Wildman–Crippen MR) is 81.1 cm³/mol. The summed E-state index contributed by atoms with van der Waals surface area (Å²) in [7, 11) is 0. The van der Waals surface area contributed by atoms with Crippen LogP contribution < -0.4 is 11.1 Å². The van der Waals surface area contributed by atoms with Crippen molar-refractivity contribution in [2.24, 2.45) is 5.73 Å². The molecular weight excluding hydrogens is 264 g/mol. The second-order valence-corrected chi connectivity index (χ2v) is 6.28. The normalized spacial score (nSPS) is 17.6. The predicted octanol–water partition coefficient (Wildman–Crippen LogP) is 2.20. The van der Waals surface area contributed by atoms with Gasteiger partial charge in [-0.3, -0.25) is 0 Å². The molecule has 0 saturated heterocycles. The molecule has 0 amide bonds. The van der Waals surface area contributed by atoms with Crippen molar-refractivity contribution in [2.75, 3.05) is 18.1 Å². The zero-order valence-electron chi connectivity index (χ0n) is 10.5. The maximum absolute atomic E-state index is 5.65. The first-order valence-corrected chi connectivity index (χ1v) is 7.70. The summed E-state index contributed by atoms with van der Waals surface area (Å²) < 4.78 is 0.324. The van der Waals surface area contributed by atoms with Crippen LogP contribution in [0, 0.1) is 0 Å². The molecule has 18 heavy (non-hydrogen) atoms. The fourth-order valence-corrected chi connectivity index (χ4v) is 3.43. The van der Waals surface area contributed by atoms with Crippen LogP contribution >= 0.6 is 24.0 Å². The fourth-order valence-electron chi connectivity index (χ4n) is 2.36. The van der Waals surface area contributed by atoms with E-state index in [1.165, 1.54) is 25.7 Å². The van der Waals surface area contributed by atoms with Crippen LogP contribution in [0.3, 0.4) is 0 Å². The lowest BCUT2D eigenvalue weighted by molar-refractivity contribution is 0.638. The van der Waals surface area contributed by atoms with Crippen LogP contribution in [0.2, 0.25) is 0 Å². The van der Waals surface area contributed by atoms with Gasteiger partial charge in [-0.25, -0.2) is 9.97 Å². The molecule has 0 bridgehead atoms. The molecule has 2 rings (SSSR count). The summed E-state index contributed by atoms with van der Waals surface area (Å²) in [5.74, 6) is 0.699. The minimum atomic E-state index is 0.287. The quantitative estimate of drug-likeness (QED) is 0.807. The Morgan fingerprint density at radius 2 is 2.11 bits per heavy atom. The van der Waals surface area contributed by atoms with Gasteiger partial charge in [0, 0.05) is 23.7 Å². The van der Waals surface area contributed by atoms with Crippen molar-refractivity contribution in [1.82, 2.24) is 9.97 Å². The number of nitrogens with one attached hydrogen (secondary N) is 1. The van der Waals surface area contributed by atoms with Gasteiger partial charge in [-0.05, 0) is 19.1 Å². The third-order valence-corrected chi connectivity index (χ3v) is 5.07. The van der Waals surface area contributed by atoms with E-state index in [1.54, 1.807) is 12.4 Å². The second-order valence-electron chi connectivity index (χ2n) is 4.57. The van der Waals surface area contributed by atoms with Crippen molar-refractivity contribution >= 4 is 34.8 Å². The Hall–Kier alpha value is -0.880. The third kappa shape index (κ3) is 2.92. The Labute approximate surface area is 117 Å². The van der Waals surface area contributed by atoms with Gasteiger partial charge in [-0.1, -0.05) is 25.1 Å². The van der Waals surface area contributed by atoms with E-state index in [0.29, 0.717) is 16.3 Å². The number of rotatable bonds is 5. The molecule has 6 heteroatoms. The average Bonchev–Trinajstić information content (AvgIpc) is 2.86. The fraction of sp³-hybridized carbons (Fsp3) is 0.583. The highest BCUT2D eigenvalue weighted by atomic mass is 32.2.